The number of ether oxygens (including phenoxy) is 3. The first-order valence-electron chi connectivity index (χ1n) is 10.1. The maximum Gasteiger partial charge on any atom is 0.410 e. The number of likely N-dealkylation sites (tertiary alicyclic amines) is 1. The Labute approximate surface area is 180 Å². The molecule has 1 aromatic heterocycles. The molecule has 0 N–H and O–H groups in total. The first-order chi connectivity index (χ1) is 14.4. The summed E-state index contributed by atoms with van der Waals surface area (Å²) in [6.07, 6.45) is 1.61. The number of hydrogen-bond donors (Lipinski definition) is 0. The minimum absolute atomic E-state index is 0.0264. The Morgan fingerprint density at radius 3 is 2.60 bits per heavy atom. The lowest BCUT2D eigenvalue weighted by Gasteiger charge is -2.28. The third kappa shape index (κ3) is 5.02. The molecule has 1 fully saturated rings. The van der Waals surface area contributed by atoms with Crippen molar-refractivity contribution in [1.29, 1.82) is 0 Å². The fourth-order valence-electron chi connectivity index (χ4n) is 3.36. The highest BCUT2D eigenvalue weighted by Crippen LogP contribution is 2.32. The number of nitrogens with zero attached hydrogens (tertiary/aromatic N) is 2. The molecule has 0 bridgehead atoms. The second kappa shape index (κ2) is 8.52. The van der Waals surface area contributed by atoms with E-state index in [1.807, 2.05) is 69.3 Å². The number of amides is 1. The van der Waals surface area contributed by atoms with Crippen LogP contribution in [-0.4, -0.2) is 40.8 Å². The fourth-order valence-corrected chi connectivity index (χ4v) is 4.20. The summed E-state index contributed by atoms with van der Waals surface area (Å²) in [5.74, 6) is 1.44. The molecule has 6 nitrogen and oxygen atoms in total. The van der Waals surface area contributed by atoms with Gasteiger partial charge in [-0.3, -0.25) is 0 Å². The van der Waals surface area contributed by atoms with Gasteiger partial charge in [0.15, 0.2) is 0 Å². The number of para-hydroxylation sites is 1. The molecule has 0 unspecified atom stereocenters. The van der Waals surface area contributed by atoms with Crippen molar-refractivity contribution in [3.05, 3.63) is 48.5 Å². The first kappa shape index (κ1) is 20.5. The van der Waals surface area contributed by atoms with Gasteiger partial charge in [-0.1, -0.05) is 23.5 Å². The largest absolute Gasteiger partial charge is 0.491 e. The average Bonchev–Trinajstić information content (AvgIpc) is 3.32. The number of hydrogen-bond acceptors (Lipinski definition) is 6. The van der Waals surface area contributed by atoms with E-state index in [1.54, 1.807) is 4.90 Å². The number of rotatable bonds is 5. The van der Waals surface area contributed by atoms with E-state index in [0.29, 0.717) is 24.1 Å². The van der Waals surface area contributed by atoms with Gasteiger partial charge in [0.1, 0.15) is 23.7 Å². The van der Waals surface area contributed by atoms with Gasteiger partial charge < -0.3 is 19.1 Å². The van der Waals surface area contributed by atoms with Crippen molar-refractivity contribution in [1.82, 2.24) is 9.88 Å². The van der Waals surface area contributed by atoms with Gasteiger partial charge in [-0.15, -0.1) is 0 Å². The summed E-state index contributed by atoms with van der Waals surface area (Å²) in [7, 11) is 0. The molecule has 1 atom stereocenters. The standard InChI is InChI=1S/C23H26N2O4S/c1-23(2,3)29-22(26)25-14-6-7-16(25)15-27-17-10-12-18(13-11-17)28-21-24-19-8-4-5-9-20(19)30-21/h4-5,8-13,16H,6-7,14-15H2,1-3H3/t16-/m1/s1. The molecule has 1 amide bonds. The van der Waals surface area contributed by atoms with Crippen LogP contribution in [0.3, 0.4) is 0 Å². The second-order valence-electron chi connectivity index (χ2n) is 8.30. The van der Waals surface area contributed by atoms with E-state index in [0.717, 1.165) is 28.8 Å². The molecule has 1 aliphatic heterocycles. The summed E-state index contributed by atoms with van der Waals surface area (Å²) in [6.45, 7) is 6.79. The van der Waals surface area contributed by atoms with Gasteiger partial charge in [0.25, 0.3) is 5.19 Å². The topological polar surface area (TPSA) is 60.9 Å². The van der Waals surface area contributed by atoms with E-state index in [9.17, 15) is 4.79 Å². The fraction of sp³-hybridized carbons (Fsp3) is 0.391. The minimum Gasteiger partial charge on any atom is -0.491 e. The number of carbonyl (C=O) groups is 1. The average molecular weight is 427 g/mol. The molecule has 1 aliphatic rings. The lowest BCUT2D eigenvalue weighted by molar-refractivity contribution is 0.0187. The van der Waals surface area contributed by atoms with Gasteiger partial charge in [0.05, 0.1) is 16.3 Å². The zero-order chi connectivity index (χ0) is 21.1. The molecule has 0 saturated carbocycles. The number of fused-ring (bicyclic) bond motifs is 1. The summed E-state index contributed by atoms with van der Waals surface area (Å²) in [5.41, 5.74) is 0.438. The number of thiazole rings is 1. The van der Waals surface area contributed by atoms with Gasteiger partial charge in [-0.25, -0.2) is 9.78 Å². The monoisotopic (exact) mass is 426 g/mol. The maximum absolute atomic E-state index is 12.4. The Kier molecular flexibility index (Phi) is 5.81. The van der Waals surface area contributed by atoms with Crippen molar-refractivity contribution in [2.75, 3.05) is 13.2 Å². The molecule has 0 radical (unpaired) electrons. The predicted octanol–water partition coefficient (Wildman–Crippen LogP) is 5.87. The van der Waals surface area contributed by atoms with E-state index in [4.69, 9.17) is 14.2 Å². The summed E-state index contributed by atoms with van der Waals surface area (Å²) < 4.78 is 18.4. The van der Waals surface area contributed by atoms with Crippen molar-refractivity contribution < 1.29 is 19.0 Å². The van der Waals surface area contributed by atoms with Crippen LogP contribution in [0.5, 0.6) is 16.7 Å². The molecule has 2 heterocycles. The van der Waals surface area contributed by atoms with Crippen LogP contribution in [0.25, 0.3) is 10.2 Å². The normalized spacial score (nSPS) is 16.6. The molecule has 7 heteroatoms. The molecule has 0 spiro atoms. The van der Waals surface area contributed by atoms with E-state index >= 15 is 0 Å². The third-order valence-corrected chi connectivity index (χ3v) is 5.67. The predicted molar refractivity (Wildman–Crippen MR) is 118 cm³/mol. The summed E-state index contributed by atoms with van der Waals surface area (Å²) in [4.78, 5) is 18.7. The molecule has 2 aromatic carbocycles. The molecule has 158 valence electrons. The highest BCUT2D eigenvalue weighted by atomic mass is 32.1. The Morgan fingerprint density at radius 1 is 1.13 bits per heavy atom. The van der Waals surface area contributed by atoms with Crippen molar-refractivity contribution in [3.8, 4) is 16.7 Å². The van der Waals surface area contributed by atoms with Crippen LogP contribution in [0.1, 0.15) is 33.6 Å². The molecule has 1 saturated heterocycles. The molecular formula is C23H26N2O4S. The van der Waals surface area contributed by atoms with Gasteiger partial charge in [0, 0.05) is 6.54 Å². The van der Waals surface area contributed by atoms with Crippen molar-refractivity contribution >= 4 is 27.6 Å². The molecule has 30 heavy (non-hydrogen) atoms. The molecule has 3 aromatic rings. The third-order valence-electron chi connectivity index (χ3n) is 4.75. The minimum atomic E-state index is -0.496. The zero-order valence-electron chi connectivity index (χ0n) is 17.5. The van der Waals surface area contributed by atoms with Crippen LogP contribution >= 0.6 is 11.3 Å². The first-order valence-corrected chi connectivity index (χ1v) is 10.9. The highest BCUT2D eigenvalue weighted by Gasteiger charge is 2.32. The number of aromatic nitrogens is 1. The number of benzene rings is 2. The Morgan fingerprint density at radius 2 is 1.87 bits per heavy atom. The molecule has 4 rings (SSSR count). The van der Waals surface area contributed by atoms with Crippen LogP contribution in [-0.2, 0) is 4.74 Å². The van der Waals surface area contributed by atoms with E-state index in [2.05, 4.69) is 4.98 Å². The summed E-state index contributed by atoms with van der Waals surface area (Å²) in [5, 5.41) is 0.615. The van der Waals surface area contributed by atoms with Crippen molar-refractivity contribution in [2.45, 2.75) is 45.3 Å². The summed E-state index contributed by atoms with van der Waals surface area (Å²) >= 11 is 1.52. The van der Waals surface area contributed by atoms with Crippen LogP contribution in [0.2, 0.25) is 0 Å². The lowest BCUT2D eigenvalue weighted by atomic mass is 10.2. The Bertz CT molecular complexity index is 977. The highest BCUT2D eigenvalue weighted by molar-refractivity contribution is 7.20. The van der Waals surface area contributed by atoms with Gasteiger partial charge in [-0.05, 0) is 70.0 Å². The zero-order valence-corrected chi connectivity index (χ0v) is 18.3. The van der Waals surface area contributed by atoms with Crippen LogP contribution in [0.4, 0.5) is 4.79 Å². The molecule has 0 aliphatic carbocycles. The maximum atomic E-state index is 12.4. The van der Waals surface area contributed by atoms with Crippen molar-refractivity contribution in [3.63, 3.8) is 0 Å². The van der Waals surface area contributed by atoms with Crippen LogP contribution in [0, 0.1) is 0 Å². The Balaban J connectivity index is 1.32. The smallest absolute Gasteiger partial charge is 0.410 e. The van der Waals surface area contributed by atoms with Gasteiger partial charge in [0.2, 0.25) is 0 Å². The van der Waals surface area contributed by atoms with E-state index < -0.39 is 5.60 Å². The molecular weight excluding hydrogens is 400 g/mol. The quantitative estimate of drug-likeness (QED) is 0.511. The second-order valence-corrected chi connectivity index (χ2v) is 9.29. The van der Waals surface area contributed by atoms with Gasteiger partial charge >= 0.3 is 6.09 Å². The van der Waals surface area contributed by atoms with E-state index in [1.165, 1.54) is 11.3 Å². The summed E-state index contributed by atoms with van der Waals surface area (Å²) in [6, 6.07) is 15.4. The lowest BCUT2D eigenvalue weighted by Crippen LogP contribution is -2.42. The SMILES string of the molecule is CC(C)(C)OC(=O)N1CCC[C@@H]1COc1ccc(Oc2nc3ccccc3s2)cc1. The van der Waals surface area contributed by atoms with E-state index in [-0.39, 0.29) is 12.1 Å². The Hall–Kier alpha value is -2.80. The number of carbonyl (C=O) groups excluding carboxylic acids is 1. The van der Waals surface area contributed by atoms with Crippen molar-refractivity contribution in [2.24, 2.45) is 0 Å². The van der Waals surface area contributed by atoms with Gasteiger partial charge in [-0.2, -0.15) is 0 Å². The van der Waals surface area contributed by atoms with Crippen LogP contribution in [0.15, 0.2) is 48.5 Å². The van der Waals surface area contributed by atoms with Crippen LogP contribution < -0.4 is 9.47 Å².